The number of halogens is 1. The summed E-state index contributed by atoms with van der Waals surface area (Å²) >= 11 is 0. The number of alkyl halides is 1. The Bertz CT molecular complexity index is 1160. The molecule has 0 bridgehead atoms. The van der Waals surface area contributed by atoms with Gasteiger partial charge in [-0.15, -0.1) is 0 Å². The second kappa shape index (κ2) is 18.0. The van der Waals surface area contributed by atoms with Gasteiger partial charge in [-0.3, -0.25) is 23.7 Å². The van der Waals surface area contributed by atoms with Crippen LogP contribution in [0.15, 0.2) is 48.5 Å². The molecule has 3 aromatic rings. The van der Waals surface area contributed by atoms with Crippen molar-refractivity contribution in [3.8, 4) is 0 Å². The highest BCUT2D eigenvalue weighted by Crippen LogP contribution is 2.29. The smallest absolute Gasteiger partial charge is 0.232 e. The van der Waals surface area contributed by atoms with Crippen LogP contribution in [0.3, 0.4) is 0 Å². The fourth-order valence-electron chi connectivity index (χ4n) is 4.11. The molecule has 2 aromatic carbocycles. The van der Waals surface area contributed by atoms with E-state index in [0.717, 1.165) is 27.7 Å². The SMILES string of the molecule is CC(=O)CC(NC(=O)CCC(=O)n1c2ccccc2c2ccccc21)C(=O)CF.CCC.CCCC(C)CC. The lowest BCUT2D eigenvalue weighted by Gasteiger charge is -2.15. The minimum atomic E-state index is -1.27. The first kappa shape index (κ1) is 33.7. The molecule has 0 spiro atoms. The zero-order valence-electron chi connectivity index (χ0n) is 24.4. The summed E-state index contributed by atoms with van der Waals surface area (Å²) in [5, 5.41) is 4.24. The lowest BCUT2D eigenvalue weighted by atomic mass is 10.0. The third-order valence-corrected chi connectivity index (χ3v) is 6.22. The first-order valence-corrected chi connectivity index (χ1v) is 14.0. The molecule has 0 fully saturated rings. The Morgan fingerprint density at radius 2 is 1.38 bits per heavy atom. The average molecular weight is 541 g/mol. The number of hydrogen-bond acceptors (Lipinski definition) is 4. The average Bonchev–Trinajstić information content (AvgIpc) is 3.26. The first-order valence-electron chi connectivity index (χ1n) is 14.0. The van der Waals surface area contributed by atoms with Gasteiger partial charge in [-0.1, -0.05) is 96.7 Å². The van der Waals surface area contributed by atoms with Gasteiger partial charge < -0.3 is 5.32 Å². The van der Waals surface area contributed by atoms with Crippen molar-refractivity contribution >= 4 is 45.2 Å². The lowest BCUT2D eigenvalue weighted by molar-refractivity contribution is -0.130. The minimum absolute atomic E-state index is 0.0922. The van der Waals surface area contributed by atoms with E-state index in [1.54, 1.807) is 4.57 Å². The molecule has 214 valence electrons. The predicted molar refractivity (Wildman–Crippen MR) is 158 cm³/mol. The molecule has 3 rings (SSSR count). The van der Waals surface area contributed by atoms with Crippen molar-refractivity contribution in [2.75, 3.05) is 6.67 Å². The Morgan fingerprint density at radius 3 is 1.79 bits per heavy atom. The topological polar surface area (TPSA) is 85.2 Å². The van der Waals surface area contributed by atoms with Crippen LogP contribution >= 0.6 is 0 Å². The molecule has 1 aromatic heterocycles. The number of benzene rings is 2. The number of hydrogen-bond donors (Lipinski definition) is 1. The highest BCUT2D eigenvalue weighted by Gasteiger charge is 2.23. The number of amides is 1. The quantitative estimate of drug-likeness (QED) is 0.273. The van der Waals surface area contributed by atoms with Crippen molar-refractivity contribution in [1.82, 2.24) is 9.88 Å². The van der Waals surface area contributed by atoms with E-state index in [4.69, 9.17) is 0 Å². The van der Waals surface area contributed by atoms with E-state index in [2.05, 4.69) is 39.9 Å². The highest BCUT2D eigenvalue weighted by atomic mass is 19.1. The molecule has 2 unspecified atom stereocenters. The number of ketones is 2. The summed E-state index contributed by atoms with van der Waals surface area (Å²) in [6, 6.07) is 13.8. The molecule has 0 aliphatic rings. The van der Waals surface area contributed by atoms with Gasteiger partial charge in [0.05, 0.1) is 17.1 Å². The predicted octanol–water partition coefficient (Wildman–Crippen LogP) is 7.47. The van der Waals surface area contributed by atoms with Crippen molar-refractivity contribution in [2.24, 2.45) is 5.92 Å². The molecule has 0 aliphatic carbocycles. The zero-order chi connectivity index (χ0) is 29.4. The molecule has 2 atom stereocenters. The molecular weight excluding hydrogens is 495 g/mol. The number of nitrogens with zero attached hydrogens (tertiary/aromatic N) is 1. The summed E-state index contributed by atoms with van der Waals surface area (Å²) in [5.41, 5.74) is 1.50. The normalized spacial score (nSPS) is 12.0. The number of nitrogens with one attached hydrogen (secondary N) is 1. The van der Waals surface area contributed by atoms with E-state index in [9.17, 15) is 23.6 Å². The standard InChI is InChI=1S/C22H21FN2O4.C7H16.C3H8/c1-14(26)12-17(20(27)13-23)24-21(28)10-11-22(29)25-18-8-4-2-6-15(18)16-7-3-5-9-19(16)25;1-4-6-7(3)5-2;1-3-2/h2-9,17H,10-13H2,1H3,(H,24,28);7H,4-6H2,1-3H3;3H2,1-2H3. The van der Waals surface area contributed by atoms with Crippen molar-refractivity contribution in [2.45, 2.75) is 92.5 Å². The largest absolute Gasteiger partial charge is 0.346 e. The molecule has 1 N–H and O–H groups in total. The lowest BCUT2D eigenvalue weighted by Crippen LogP contribution is -2.42. The minimum Gasteiger partial charge on any atom is -0.346 e. The molecule has 0 radical (unpaired) electrons. The maximum atomic E-state index is 12.9. The second-order valence-corrected chi connectivity index (χ2v) is 9.90. The molecule has 1 heterocycles. The van der Waals surface area contributed by atoms with Crippen LogP contribution in [0.25, 0.3) is 21.8 Å². The van der Waals surface area contributed by atoms with Gasteiger partial charge in [-0.2, -0.15) is 0 Å². The van der Waals surface area contributed by atoms with Crippen LogP contribution in [-0.4, -0.2) is 40.7 Å². The van der Waals surface area contributed by atoms with Crippen LogP contribution in [0.2, 0.25) is 0 Å². The van der Waals surface area contributed by atoms with E-state index in [1.807, 2.05) is 48.5 Å². The number of fused-ring (bicyclic) bond motifs is 3. The van der Waals surface area contributed by atoms with E-state index in [1.165, 1.54) is 32.6 Å². The van der Waals surface area contributed by atoms with Crippen LogP contribution in [-0.2, 0) is 14.4 Å². The highest BCUT2D eigenvalue weighted by molar-refractivity contribution is 6.13. The fourth-order valence-corrected chi connectivity index (χ4v) is 4.11. The Hall–Kier alpha value is -3.35. The van der Waals surface area contributed by atoms with Gasteiger partial charge in [0.2, 0.25) is 11.8 Å². The van der Waals surface area contributed by atoms with Gasteiger partial charge in [0.25, 0.3) is 0 Å². The van der Waals surface area contributed by atoms with E-state index in [-0.39, 0.29) is 31.0 Å². The van der Waals surface area contributed by atoms with Crippen LogP contribution in [0, 0.1) is 5.92 Å². The zero-order valence-corrected chi connectivity index (χ0v) is 24.4. The van der Waals surface area contributed by atoms with E-state index < -0.39 is 24.4 Å². The van der Waals surface area contributed by atoms with Gasteiger partial charge in [-0.05, 0) is 25.0 Å². The van der Waals surface area contributed by atoms with Crippen LogP contribution < -0.4 is 5.32 Å². The monoisotopic (exact) mass is 540 g/mol. The molecule has 0 saturated heterocycles. The summed E-state index contributed by atoms with van der Waals surface area (Å²) in [7, 11) is 0. The molecular formula is C32H45FN2O4. The summed E-state index contributed by atoms with van der Waals surface area (Å²) in [6.07, 6.45) is 4.80. The molecule has 7 heteroatoms. The molecule has 0 saturated carbocycles. The van der Waals surface area contributed by atoms with Crippen molar-refractivity contribution in [1.29, 1.82) is 0 Å². The van der Waals surface area contributed by atoms with E-state index in [0.29, 0.717) is 0 Å². The maximum absolute atomic E-state index is 12.9. The van der Waals surface area contributed by atoms with Crippen molar-refractivity contribution in [3.05, 3.63) is 48.5 Å². The van der Waals surface area contributed by atoms with Crippen molar-refractivity contribution in [3.63, 3.8) is 0 Å². The van der Waals surface area contributed by atoms with Crippen molar-refractivity contribution < 1.29 is 23.6 Å². The molecule has 6 nitrogen and oxygen atoms in total. The van der Waals surface area contributed by atoms with E-state index >= 15 is 0 Å². The van der Waals surface area contributed by atoms with Crippen LogP contribution in [0.4, 0.5) is 4.39 Å². The Labute approximate surface area is 232 Å². The first-order chi connectivity index (χ1) is 18.6. The number of Topliss-reactive ketones (excluding diaryl/α,β-unsaturated/α-hetero) is 2. The second-order valence-electron chi connectivity index (χ2n) is 9.90. The Balaban J connectivity index is 0.000000652. The third kappa shape index (κ3) is 10.7. The van der Waals surface area contributed by atoms with Gasteiger partial charge in [0, 0.05) is 30.0 Å². The number of carbonyl (C=O) groups excluding carboxylic acids is 4. The van der Waals surface area contributed by atoms with Gasteiger partial charge in [0.1, 0.15) is 12.5 Å². The molecule has 0 aliphatic heterocycles. The van der Waals surface area contributed by atoms with Crippen LogP contribution in [0.5, 0.6) is 0 Å². The summed E-state index contributed by atoms with van der Waals surface area (Å²) in [6.45, 7) is 11.0. The number of rotatable bonds is 11. The summed E-state index contributed by atoms with van der Waals surface area (Å²) in [4.78, 5) is 47.9. The summed E-state index contributed by atoms with van der Waals surface area (Å²) < 4.78 is 14.2. The number of para-hydroxylation sites is 2. The number of carbonyl (C=O) groups is 4. The van der Waals surface area contributed by atoms with Gasteiger partial charge in [-0.25, -0.2) is 4.39 Å². The third-order valence-electron chi connectivity index (χ3n) is 6.22. The Kier molecular flexibility index (Phi) is 15.6. The van der Waals surface area contributed by atoms with Crippen LogP contribution in [0.1, 0.15) is 91.3 Å². The summed E-state index contributed by atoms with van der Waals surface area (Å²) in [5.74, 6) is -1.09. The molecule has 39 heavy (non-hydrogen) atoms. The molecule has 1 amide bonds. The van der Waals surface area contributed by atoms with Gasteiger partial charge in [0.15, 0.2) is 5.78 Å². The maximum Gasteiger partial charge on any atom is 0.232 e. The van der Waals surface area contributed by atoms with Gasteiger partial charge >= 0.3 is 0 Å². The Morgan fingerprint density at radius 1 is 0.872 bits per heavy atom. The fraction of sp³-hybridized carbons (Fsp3) is 0.500. The number of aromatic nitrogens is 1.